The SMILES string of the molecule is CC(=O)O[C@H]1CC[C@@]2(C)C(=CC[C@@H]3[C@@H]2CC[C@]2(C)C(c4cccnc4)=CC[C@@H]32)C1.O=C(O)C(F)(F)F. The molecule has 1 heterocycles. The average molecular weight is 506 g/mol. The van der Waals surface area contributed by atoms with E-state index in [1.807, 2.05) is 12.4 Å². The summed E-state index contributed by atoms with van der Waals surface area (Å²) in [6, 6.07) is 4.30. The van der Waals surface area contributed by atoms with Crippen molar-refractivity contribution in [3.05, 3.63) is 47.8 Å². The number of aliphatic carboxylic acids is 1. The van der Waals surface area contributed by atoms with E-state index in [9.17, 15) is 18.0 Å². The molecule has 0 aromatic carbocycles. The summed E-state index contributed by atoms with van der Waals surface area (Å²) in [4.78, 5) is 24.7. The van der Waals surface area contributed by atoms with Gasteiger partial charge < -0.3 is 9.84 Å². The number of carboxylic acid groups (broad SMARTS) is 1. The van der Waals surface area contributed by atoms with Crippen molar-refractivity contribution in [2.75, 3.05) is 0 Å². The normalized spacial score (nSPS) is 35.1. The molecule has 0 aliphatic heterocycles. The first kappa shape index (κ1) is 26.4. The quantitative estimate of drug-likeness (QED) is 0.362. The Labute approximate surface area is 209 Å². The van der Waals surface area contributed by atoms with Gasteiger partial charge in [-0.2, -0.15) is 13.2 Å². The van der Waals surface area contributed by atoms with E-state index in [0.29, 0.717) is 0 Å². The second-order valence-corrected chi connectivity index (χ2v) is 11.1. The van der Waals surface area contributed by atoms with Crippen molar-refractivity contribution >= 4 is 17.5 Å². The van der Waals surface area contributed by atoms with Crippen LogP contribution in [0.2, 0.25) is 0 Å². The zero-order valence-corrected chi connectivity index (χ0v) is 21.0. The Kier molecular flexibility index (Phi) is 7.10. The Morgan fingerprint density at radius 3 is 2.39 bits per heavy atom. The third-order valence-corrected chi connectivity index (χ3v) is 9.19. The van der Waals surface area contributed by atoms with Crippen LogP contribution in [0.4, 0.5) is 13.2 Å². The number of carboxylic acids is 1. The van der Waals surface area contributed by atoms with Gasteiger partial charge in [0.25, 0.3) is 0 Å². The number of rotatable bonds is 2. The monoisotopic (exact) mass is 505 g/mol. The van der Waals surface area contributed by atoms with E-state index in [1.165, 1.54) is 43.7 Å². The fraction of sp³-hybridized carbons (Fsp3) is 0.607. The highest BCUT2D eigenvalue weighted by molar-refractivity contribution is 5.73. The Morgan fingerprint density at radius 1 is 1.08 bits per heavy atom. The maximum Gasteiger partial charge on any atom is 0.490 e. The highest BCUT2D eigenvalue weighted by atomic mass is 19.4. The third-order valence-electron chi connectivity index (χ3n) is 9.19. The van der Waals surface area contributed by atoms with E-state index in [1.54, 1.807) is 5.57 Å². The van der Waals surface area contributed by atoms with Crippen molar-refractivity contribution in [1.29, 1.82) is 0 Å². The van der Waals surface area contributed by atoms with Crippen LogP contribution in [0.3, 0.4) is 0 Å². The molecular formula is C28H34F3NO4. The number of allylic oxidation sites excluding steroid dienone is 3. The molecule has 196 valence electrons. The van der Waals surface area contributed by atoms with Crippen LogP contribution in [0, 0.1) is 28.6 Å². The minimum Gasteiger partial charge on any atom is -0.475 e. The molecule has 4 aliphatic carbocycles. The van der Waals surface area contributed by atoms with Gasteiger partial charge in [-0.1, -0.05) is 37.6 Å². The van der Waals surface area contributed by atoms with Crippen molar-refractivity contribution in [2.45, 2.75) is 78.0 Å². The maximum atomic E-state index is 11.4. The highest BCUT2D eigenvalue weighted by Crippen LogP contribution is 2.66. The first-order valence-electron chi connectivity index (χ1n) is 12.6. The summed E-state index contributed by atoms with van der Waals surface area (Å²) < 4.78 is 37.3. The van der Waals surface area contributed by atoms with Gasteiger partial charge in [0, 0.05) is 25.7 Å². The van der Waals surface area contributed by atoms with Crippen molar-refractivity contribution in [3.63, 3.8) is 0 Å². The molecule has 0 amide bonds. The van der Waals surface area contributed by atoms with Gasteiger partial charge in [-0.15, -0.1) is 0 Å². The molecule has 5 rings (SSSR count). The molecule has 1 N–H and O–H groups in total. The van der Waals surface area contributed by atoms with Crippen LogP contribution >= 0.6 is 0 Å². The number of fused-ring (bicyclic) bond motifs is 5. The molecule has 0 spiro atoms. The number of nitrogens with zero attached hydrogens (tertiary/aromatic N) is 1. The standard InChI is InChI=1S/C26H33NO2.C2HF3O2/c1-17(28)29-20-10-12-25(2)19(15-20)6-7-21-23-9-8-22(18-5-4-14-27-16-18)26(23,3)13-11-24(21)25;3-2(4,5)1(6)7/h4-6,8,14,16,20-21,23-24H,7,9-13,15H2,1-3H3;(H,6,7)/t20-,21-,23-,24-,25-,26+;/m0./s1. The average Bonchev–Trinajstić information content (AvgIpc) is 3.16. The maximum absolute atomic E-state index is 11.4. The molecule has 4 aliphatic rings. The first-order valence-corrected chi connectivity index (χ1v) is 12.6. The third kappa shape index (κ3) is 4.83. The zero-order chi connectivity index (χ0) is 26.3. The Hall–Kier alpha value is -2.64. The van der Waals surface area contributed by atoms with Crippen LogP contribution in [0.15, 0.2) is 42.3 Å². The first-order chi connectivity index (χ1) is 16.9. The van der Waals surface area contributed by atoms with Crippen LogP contribution in [0.1, 0.15) is 71.3 Å². The smallest absolute Gasteiger partial charge is 0.475 e. The lowest BCUT2D eigenvalue weighted by Crippen LogP contribution is -2.50. The van der Waals surface area contributed by atoms with E-state index >= 15 is 0 Å². The lowest BCUT2D eigenvalue weighted by atomic mass is 9.47. The number of pyridine rings is 1. The van der Waals surface area contributed by atoms with Gasteiger partial charge >= 0.3 is 18.1 Å². The fourth-order valence-electron chi connectivity index (χ4n) is 7.50. The van der Waals surface area contributed by atoms with E-state index in [4.69, 9.17) is 14.6 Å². The van der Waals surface area contributed by atoms with Gasteiger partial charge in [-0.05, 0) is 84.3 Å². The predicted octanol–water partition coefficient (Wildman–Crippen LogP) is 6.60. The lowest BCUT2D eigenvalue weighted by Gasteiger charge is -2.57. The minimum absolute atomic E-state index is 0.0857. The number of carbonyl (C=O) groups excluding carboxylic acids is 1. The van der Waals surface area contributed by atoms with E-state index in [0.717, 1.165) is 37.0 Å². The van der Waals surface area contributed by atoms with Crippen LogP contribution in [-0.2, 0) is 14.3 Å². The van der Waals surface area contributed by atoms with Crippen molar-refractivity contribution in [2.24, 2.45) is 28.6 Å². The van der Waals surface area contributed by atoms with Gasteiger partial charge in [0.1, 0.15) is 6.10 Å². The topological polar surface area (TPSA) is 76.5 Å². The Bertz CT molecular complexity index is 1070. The van der Waals surface area contributed by atoms with E-state index in [2.05, 4.69) is 43.1 Å². The summed E-state index contributed by atoms with van der Waals surface area (Å²) in [5.41, 5.74) is 4.99. The number of hydrogen-bond acceptors (Lipinski definition) is 4. The molecular weight excluding hydrogens is 471 g/mol. The van der Waals surface area contributed by atoms with Crippen molar-refractivity contribution in [1.82, 2.24) is 4.98 Å². The molecule has 36 heavy (non-hydrogen) atoms. The van der Waals surface area contributed by atoms with Crippen molar-refractivity contribution in [3.8, 4) is 0 Å². The zero-order valence-electron chi connectivity index (χ0n) is 21.0. The number of hydrogen-bond donors (Lipinski definition) is 1. The molecule has 8 heteroatoms. The minimum atomic E-state index is -5.08. The number of halogens is 3. The predicted molar refractivity (Wildman–Crippen MR) is 129 cm³/mol. The summed E-state index contributed by atoms with van der Waals surface area (Å²) >= 11 is 0. The van der Waals surface area contributed by atoms with Crippen LogP contribution in [-0.4, -0.2) is 34.3 Å². The van der Waals surface area contributed by atoms with Gasteiger partial charge in [-0.25, -0.2) is 4.79 Å². The number of esters is 1. The molecule has 0 bridgehead atoms. The molecule has 0 saturated heterocycles. The van der Waals surface area contributed by atoms with Gasteiger partial charge in [0.2, 0.25) is 0 Å². The van der Waals surface area contributed by atoms with Crippen LogP contribution in [0.25, 0.3) is 5.57 Å². The molecule has 0 unspecified atom stereocenters. The summed E-state index contributed by atoms with van der Waals surface area (Å²) in [7, 11) is 0. The van der Waals surface area contributed by atoms with Gasteiger partial charge in [0.05, 0.1) is 0 Å². The molecule has 2 fully saturated rings. The van der Waals surface area contributed by atoms with E-state index < -0.39 is 12.1 Å². The molecule has 6 atom stereocenters. The second-order valence-electron chi connectivity index (χ2n) is 11.1. The molecule has 0 radical (unpaired) electrons. The van der Waals surface area contributed by atoms with Crippen molar-refractivity contribution < 1.29 is 32.6 Å². The van der Waals surface area contributed by atoms with Crippen LogP contribution < -0.4 is 0 Å². The molecule has 1 aromatic heterocycles. The number of alkyl halides is 3. The molecule has 2 saturated carbocycles. The highest BCUT2D eigenvalue weighted by Gasteiger charge is 2.57. The van der Waals surface area contributed by atoms with Gasteiger partial charge in [0.15, 0.2) is 0 Å². The number of ether oxygens (including phenoxy) is 1. The lowest BCUT2D eigenvalue weighted by molar-refractivity contribution is -0.192. The summed E-state index contributed by atoms with van der Waals surface area (Å²) in [5.74, 6) is -0.634. The van der Waals surface area contributed by atoms with Crippen LogP contribution in [0.5, 0.6) is 0 Å². The number of aromatic nitrogens is 1. The fourth-order valence-corrected chi connectivity index (χ4v) is 7.50. The van der Waals surface area contributed by atoms with E-state index in [-0.39, 0.29) is 22.9 Å². The second kappa shape index (κ2) is 9.67. The molecule has 1 aromatic rings. The van der Waals surface area contributed by atoms with Gasteiger partial charge in [-0.3, -0.25) is 9.78 Å². The Morgan fingerprint density at radius 2 is 1.78 bits per heavy atom. The Balaban J connectivity index is 0.000000384. The molecule has 5 nitrogen and oxygen atoms in total. The summed E-state index contributed by atoms with van der Waals surface area (Å²) in [6.07, 6.45) is 12.1. The largest absolute Gasteiger partial charge is 0.490 e. The summed E-state index contributed by atoms with van der Waals surface area (Å²) in [6.45, 7) is 6.56. The number of carbonyl (C=O) groups is 2. The summed E-state index contributed by atoms with van der Waals surface area (Å²) in [5, 5.41) is 7.12.